The number of hydrogen-bond acceptors (Lipinski definition) is 5. The van der Waals surface area contributed by atoms with Crippen LogP contribution in [0.2, 0.25) is 0 Å². The first-order valence-electron chi connectivity index (χ1n) is 6.34. The zero-order valence-electron chi connectivity index (χ0n) is 12.4. The van der Waals surface area contributed by atoms with Crippen molar-refractivity contribution in [2.45, 2.75) is 65.3 Å². The van der Waals surface area contributed by atoms with E-state index < -0.39 is 24.0 Å². The second-order valence-corrected chi connectivity index (χ2v) is 5.33. The molecule has 0 heterocycles. The van der Waals surface area contributed by atoms with Gasteiger partial charge in [-0.05, 0) is 34.6 Å². The van der Waals surface area contributed by atoms with Crippen molar-refractivity contribution in [3.63, 3.8) is 0 Å². The van der Waals surface area contributed by atoms with Crippen molar-refractivity contribution in [1.29, 1.82) is 0 Å². The highest BCUT2D eigenvalue weighted by Gasteiger charge is 2.41. The van der Waals surface area contributed by atoms with E-state index in [4.69, 9.17) is 9.47 Å². The second-order valence-electron chi connectivity index (χ2n) is 5.33. The first-order chi connectivity index (χ1) is 8.56. The number of rotatable bonds is 7. The Morgan fingerprint density at radius 2 is 1.58 bits per heavy atom. The molecule has 0 aliphatic rings. The van der Waals surface area contributed by atoms with E-state index in [1.165, 1.54) is 0 Å². The highest BCUT2D eigenvalue weighted by atomic mass is 16.6. The molecule has 0 aromatic carbocycles. The van der Waals surface area contributed by atoms with Gasteiger partial charge in [0, 0.05) is 6.42 Å². The maximum Gasteiger partial charge on any atom is 0.339 e. The molecular formula is C14H24O5. The lowest BCUT2D eigenvalue weighted by molar-refractivity contribution is -0.176. The van der Waals surface area contributed by atoms with Crippen molar-refractivity contribution >= 4 is 11.9 Å². The van der Waals surface area contributed by atoms with E-state index in [0.717, 1.165) is 0 Å². The smallest absolute Gasteiger partial charge is 0.339 e. The molecule has 5 heteroatoms. The van der Waals surface area contributed by atoms with Crippen molar-refractivity contribution < 1.29 is 24.2 Å². The van der Waals surface area contributed by atoms with Crippen LogP contribution in [0.5, 0.6) is 0 Å². The Labute approximate surface area is 114 Å². The van der Waals surface area contributed by atoms with Crippen LogP contribution in [0.15, 0.2) is 12.2 Å². The van der Waals surface area contributed by atoms with Crippen LogP contribution in [0.1, 0.15) is 47.5 Å². The third-order valence-electron chi connectivity index (χ3n) is 2.12. The molecule has 0 aliphatic heterocycles. The number of hydrogen-bond donors (Lipinski definition) is 1. The van der Waals surface area contributed by atoms with E-state index in [1.807, 2.05) is 0 Å². The van der Waals surface area contributed by atoms with Crippen LogP contribution in [0.4, 0.5) is 0 Å². The number of carbonyl (C=O) groups excluding carboxylic acids is 2. The largest absolute Gasteiger partial charge is 0.463 e. The van der Waals surface area contributed by atoms with Gasteiger partial charge in [-0.2, -0.15) is 0 Å². The van der Waals surface area contributed by atoms with Gasteiger partial charge in [0.2, 0.25) is 0 Å². The molecule has 1 N–H and O–H groups in total. The molecule has 0 amide bonds. The normalized spacial score (nSPS) is 14.1. The van der Waals surface area contributed by atoms with Gasteiger partial charge in [0.1, 0.15) is 0 Å². The SMILES string of the molecule is C=C(C)C[C@@](O)(CC(=O)OC(C)C)C(=O)OC(C)C. The lowest BCUT2D eigenvalue weighted by Crippen LogP contribution is -2.44. The fourth-order valence-corrected chi connectivity index (χ4v) is 1.57. The van der Waals surface area contributed by atoms with E-state index in [0.29, 0.717) is 5.57 Å². The molecule has 0 rings (SSSR count). The molecule has 0 aliphatic carbocycles. The van der Waals surface area contributed by atoms with E-state index in [-0.39, 0.29) is 18.6 Å². The predicted octanol–water partition coefficient (Wildman–Crippen LogP) is 1.98. The molecular weight excluding hydrogens is 248 g/mol. The monoisotopic (exact) mass is 272 g/mol. The number of carbonyl (C=O) groups is 2. The van der Waals surface area contributed by atoms with Gasteiger partial charge in [0.05, 0.1) is 18.6 Å². The number of ether oxygens (including phenoxy) is 2. The Kier molecular flexibility index (Phi) is 6.76. The standard InChI is InChI=1S/C14H24O5/c1-9(2)7-14(17,13(16)19-11(5)6)8-12(15)18-10(3)4/h10-11,17H,1,7-8H2,2-6H3/t14-/m1/s1. The Bertz CT molecular complexity index is 346. The Morgan fingerprint density at radius 3 is 1.95 bits per heavy atom. The van der Waals surface area contributed by atoms with Crippen LogP contribution in [-0.4, -0.2) is 34.9 Å². The Hall–Kier alpha value is -1.36. The summed E-state index contributed by atoms with van der Waals surface area (Å²) in [4.78, 5) is 23.5. The Morgan fingerprint density at radius 1 is 1.11 bits per heavy atom. The molecule has 0 fully saturated rings. The van der Waals surface area contributed by atoms with Crippen LogP contribution < -0.4 is 0 Å². The van der Waals surface area contributed by atoms with Crippen LogP contribution in [0.3, 0.4) is 0 Å². The molecule has 0 spiro atoms. The van der Waals surface area contributed by atoms with Gasteiger partial charge in [-0.3, -0.25) is 4.79 Å². The van der Waals surface area contributed by atoms with Crippen molar-refractivity contribution in [1.82, 2.24) is 0 Å². The zero-order chi connectivity index (χ0) is 15.2. The molecule has 0 aromatic rings. The first-order valence-corrected chi connectivity index (χ1v) is 6.34. The van der Waals surface area contributed by atoms with Gasteiger partial charge >= 0.3 is 11.9 Å². The van der Waals surface area contributed by atoms with Crippen molar-refractivity contribution in [2.75, 3.05) is 0 Å². The minimum atomic E-state index is -1.91. The van der Waals surface area contributed by atoms with Crippen LogP contribution >= 0.6 is 0 Å². The predicted molar refractivity (Wildman–Crippen MR) is 71.5 cm³/mol. The quantitative estimate of drug-likeness (QED) is 0.566. The lowest BCUT2D eigenvalue weighted by Gasteiger charge is -2.26. The fourth-order valence-electron chi connectivity index (χ4n) is 1.57. The molecule has 5 nitrogen and oxygen atoms in total. The molecule has 0 saturated heterocycles. The minimum Gasteiger partial charge on any atom is -0.463 e. The van der Waals surface area contributed by atoms with Crippen LogP contribution in [0.25, 0.3) is 0 Å². The van der Waals surface area contributed by atoms with Gasteiger partial charge in [-0.1, -0.05) is 5.57 Å². The van der Waals surface area contributed by atoms with Crippen molar-refractivity contribution in [3.8, 4) is 0 Å². The zero-order valence-corrected chi connectivity index (χ0v) is 12.4. The molecule has 0 aromatic heterocycles. The Balaban J connectivity index is 4.91. The molecule has 0 unspecified atom stereocenters. The highest BCUT2D eigenvalue weighted by molar-refractivity contribution is 5.86. The average molecular weight is 272 g/mol. The summed E-state index contributed by atoms with van der Waals surface area (Å²) >= 11 is 0. The summed E-state index contributed by atoms with van der Waals surface area (Å²) in [6.45, 7) is 12.1. The van der Waals surface area contributed by atoms with Gasteiger partial charge in [0.15, 0.2) is 5.60 Å². The van der Waals surface area contributed by atoms with E-state index >= 15 is 0 Å². The van der Waals surface area contributed by atoms with Crippen LogP contribution in [0, 0.1) is 0 Å². The summed E-state index contributed by atoms with van der Waals surface area (Å²) in [5.74, 6) is -1.47. The topological polar surface area (TPSA) is 72.8 Å². The van der Waals surface area contributed by atoms with E-state index in [1.54, 1.807) is 34.6 Å². The number of aliphatic hydroxyl groups is 1. The molecule has 110 valence electrons. The minimum absolute atomic E-state index is 0.0360. The molecule has 0 saturated carbocycles. The summed E-state index contributed by atoms with van der Waals surface area (Å²) in [5, 5.41) is 10.3. The summed E-state index contributed by atoms with van der Waals surface area (Å²) in [6, 6.07) is 0. The molecule has 1 atom stereocenters. The van der Waals surface area contributed by atoms with Gasteiger partial charge < -0.3 is 14.6 Å². The van der Waals surface area contributed by atoms with Crippen LogP contribution in [-0.2, 0) is 19.1 Å². The fraction of sp³-hybridized carbons (Fsp3) is 0.714. The lowest BCUT2D eigenvalue weighted by atomic mass is 9.92. The van der Waals surface area contributed by atoms with Gasteiger partial charge in [0.25, 0.3) is 0 Å². The van der Waals surface area contributed by atoms with E-state index in [9.17, 15) is 14.7 Å². The number of esters is 2. The molecule has 19 heavy (non-hydrogen) atoms. The third-order valence-corrected chi connectivity index (χ3v) is 2.12. The second kappa shape index (κ2) is 7.28. The molecule has 0 radical (unpaired) electrons. The highest BCUT2D eigenvalue weighted by Crippen LogP contribution is 2.23. The summed E-state index contributed by atoms with van der Waals surface area (Å²) < 4.78 is 9.93. The van der Waals surface area contributed by atoms with Gasteiger partial charge in [-0.15, -0.1) is 6.58 Å². The summed E-state index contributed by atoms with van der Waals surface area (Å²) in [7, 11) is 0. The van der Waals surface area contributed by atoms with E-state index in [2.05, 4.69) is 6.58 Å². The first kappa shape index (κ1) is 17.6. The maximum atomic E-state index is 11.9. The summed E-state index contributed by atoms with van der Waals surface area (Å²) in [5.41, 5.74) is -1.33. The third kappa shape index (κ3) is 6.96. The molecule has 0 bridgehead atoms. The van der Waals surface area contributed by atoms with Crippen molar-refractivity contribution in [2.24, 2.45) is 0 Å². The van der Waals surface area contributed by atoms with Crippen molar-refractivity contribution in [3.05, 3.63) is 12.2 Å². The van der Waals surface area contributed by atoms with Gasteiger partial charge in [-0.25, -0.2) is 4.79 Å². The maximum absolute atomic E-state index is 11.9. The summed E-state index contributed by atoms with van der Waals surface area (Å²) in [6.07, 6.45) is -1.15. The average Bonchev–Trinajstić information content (AvgIpc) is 2.12.